The lowest BCUT2D eigenvalue weighted by Crippen LogP contribution is -2.45. The third kappa shape index (κ3) is 51.3. The van der Waals surface area contributed by atoms with Gasteiger partial charge in [-0.3, -0.25) is 4.79 Å². The fourth-order valence-electron chi connectivity index (χ4n) is 8.86. The molecule has 2 unspecified atom stereocenters. The second kappa shape index (κ2) is 55.7. The number of hydrogen-bond donors (Lipinski definition) is 3. The topological polar surface area (TPSA) is 69.6 Å². The minimum atomic E-state index is -0.869. The smallest absolute Gasteiger partial charge is 0.220 e. The summed E-state index contributed by atoms with van der Waals surface area (Å²) in [6, 6.07) is -0.645. The van der Waals surface area contributed by atoms with Crippen molar-refractivity contribution in [2.75, 3.05) is 6.61 Å². The van der Waals surface area contributed by atoms with E-state index in [4.69, 9.17) is 0 Å². The van der Waals surface area contributed by atoms with Crippen LogP contribution in [0.5, 0.6) is 0 Å². The number of amides is 1. The molecule has 0 saturated carbocycles. The van der Waals surface area contributed by atoms with Gasteiger partial charge in [0, 0.05) is 6.42 Å². The zero-order chi connectivity index (χ0) is 46.3. The molecule has 0 saturated heterocycles. The highest BCUT2D eigenvalue weighted by atomic mass is 16.3. The molecule has 2 atom stereocenters. The molecular weight excluding hydrogens is 783 g/mol. The van der Waals surface area contributed by atoms with E-state index in [1.807, 2.05) is 6.08 Å². The third-order valence-corrected chi connectivity index (χ3v) is 13.3. The van der Waals surface area contributed by atoms with Gasteiger partial charge in [0.2, 0.25) is 5.91 Å². The van der Waals surface area contributed by atoms with Crippen LogP contribution in [0.3, 0.4) is 0 Å². The molecule has 0 aromatic carbocycles. The van der Waals surface area contributed by atoms with Crippen LogP contribution >= 0.6 is 0 Å². The molecule has 0 aromatic rings. The van der Waals surface area contributed by atoms with Gasteiger partial charge in [0.05, 0.1) is 18.8 Å². The van der Waals surface area contributed by atoms with Gasteiger partial charge in [-0.25, -0.2) is 0 Å². The number of nitrogens with one attached hydrogen (secondary N) is 1. The number of rotatable bonds is 53. The zero-order valence-corrected chi connectivity index (χ0v) is 43.3. The second-order valence-electron chi connectivity index (χ2n) is 19.7. The highest BCUT2D eigenvalue weighted by molar-refractivity contribution is 5.76. The van der Waals surface area contributed by atoms with E-state index in [0.29, 0.717) is 6.42 Å². The molecule has 64 heavy (non-hydrogen) atoms. The van der Waals surface area contributed by atoms with E-state index in [1.165, 1.54) is 250 Å². The molecule has 0 spiro atoms. The summed E-state index contributed by atoms with van der Waals surface area (Å²) in [5.41, 5.74) is 0. The van der Waals surface area contributed by atoms with Gasteiger partial charge in [-0.1, -0.05) is 281 Å². The first kappa shape index (κ1) is 62.4. The van der Waals surface area contributed by atoms with Crippen molar-refractivity contribution in [2.45, 2.75) is 321 Å². The SMILES string of the molecule is CCCCCCC/C=C/CC/C=C/CC/C=C/C(O)C(CO)NC(=O)CCCCCCCCCCCCCCCCCCC/C=C\CCCCCCCCCCCCCCCCCC. The van der Waals surface area contributed by atoms with Crippen molar-refractivity contribution in [2.24, 2.45) is 0 Å². The van der Waals surface area contributed by atoms with E-state index in [-0.39, 0.29) is 12.5 Å². The number of hydrogen-bond acceptors (Lipinski definition) is 3. The third-order valence-electron chi connectivity index (χ3n) is 13.3. The lowest BCUT2D eigenvalue weighted by molar-refractivity contribution is -0.123. The molecule has 376 valence electrons. The number of aliphatic hydroxyl groups is 2. The monoisotopic (exact) mass is 896 g/mol. The lowest BCUT2D eigenvalue weighted by Gasteiger charge is -2.19. The molecule has 0 radical (unpaired) electrons. The van der Waals surface area contributed by atoms with Gasteiger partial charge < -0.3 is 15.5 Å². The molecule has 0 aliphatic carbocycles. The first-order valence-corrected chi connectivity index (χ1v) is 28.9. The van der Waals surface area contributed by atoms with Crippen LogP contribution in [0.25, 0.3) is 0 Å². The van der Waals surface area contributed by atoms with E-state index in [0.717, 1.165) is 38.5 Å². The van der Waals surface area contributed by atoms with Crippen molar-refractivity contribution in [1.82, 2.24) is 5.32 Å². The van der Waals surface area contributed by atoms with Gasteiger partial charge in [0.15, 0.2) is 0 Å². The number of allylic oxidation sites excluding steroid dienone is 7. The van der Waals surface area contributed by atoms with E-state index >= 15 is 0 Å². The highest BCUT2D eigenvalue weighted by Crippen LogP contribution is 2.17. The summed E-state index contributed by atoms with van der Waals surface area (Å²) >= 11 is 0. The van der Waals surface area contributed by atoms with Crippen molar-refractivity contribution in [1.29, 1.82) is 0 Å². The van der Waals surface area contributed by atoms with Crippen LogP contribution < -0.4 is 5.32 Å². The summed E-state index contributed by atoms with van der Waals surface area (Å²) < 4.78 is 0. The molecule has 0 rings (SSSR count). The Balaban J connectivity index is 3.43. The second-order valence-corrected chi connectivity index (χ2v) is 19.7. The van der Waals surface area contributed by atoms with Crippen molar-refractivity contribution in [3.8, 4) is 0 Å². The summed E-state index contributed by atoms with van der Waals surface area (Å²) in [5.74, 6) is -0.0751. The van der Waals surface area contributed by atoms with Gasteiger partial charge in [-0.2, -0.15) is 0 Å². The van der Waals surface area contributed by atoms with Gasteiger partial charge in [-0.05, 0) is 70.6 Å². The van der Waals surface area contributed by atoms with Crippen molar-refractivity contribution < 1.29 is 15.0 Å². The van der Waals surface area contributed by atoms with Crippen LogP contribution in [0, 0.1) is 0 Å². The number of carbonyl (C=O) groups excluding carboxylic acids is 1. The zero-order valence-electron chi connectivity index (χ0n) is 43.3. The maximum atomic E-state index is 12.4. The summed E-state index contributed by atoms with van der Waals surface area (Å²) in [7, 11) is 0. The molecule has 0 bridgehead atoms. The van der Waals surface area contributed by atoms with E-state index in [1.54, 1.807) is 6.08 Å². The molecular formula is C60H113NO3. The molecule has 0 heterocycles. The average molecular weight is 897 g/mol. The fraction of sp³-hybridized carbons (Fsp3) is 0.850. The van der Waals surface area contributed by atoms with Gasteiger partial charge in [0.1, 0.15) is 0 Å². The van der Waals surface area contributed by atoms with Gasteiger partial charge >= 0.3 is 0 Å². The molecule has 0 aromatic heterocycles. The van der Waals surface area contributed by atoms with Crippen LogP contribution in [-0.4, -0.2) is 34.9 Å². The summed E-state index contributed by atoms with van der Waals surface area (Å²) in [6.07, 6.45) is 77.3. The Morgan fingerprint density at radius 1 is 0.359 bits per heavy atom. The summed E-state index contributed by atoms with van der Waals surface area (Å²) in [5, 5.41) is 23.1. The number of unbranched alkanes of at least 4 members (excludes halogenated alkanes) is 40. The minimum Gasteiger partial charge on any atom is -0.394 e. The molecule has 3 N–H and O–H groups in total. The highest BCUT2D eigenvalue weighted by Gasteiger charge is 2.18. The largest absolute Gasteiger partial charge is 0.394 e. The summed E-state index contributed by atoms with van der Waals surface area (Å²) in [4.78, 5) is 12.4. The van der Waals surface area contributed by atoms with Crippen LogP contribution in [0.2, 0.25) is 0 Å². The predicted molar refractivity (Wildman–Crippen MR) is 285 cm³/mol. The maximum absolute atomic E-state index is 12.4. The number of aliphatic hydroxyl groups excluding tert-OH is 2. The Labute approximate surface area is 401 Å². The molecule has 4 heteroatoms. The Hall–Kier alpha value is -1.65. The van der Waals surface area contributed by atoms with Crippen LogP contribution in [0.4, 0.5) is 0 Å². The fourth-order valence-corrected chi connectivity index (χ4v) is 8.86. The van der Waals surface area contributed by atoms with Crippen molar-refractivity contribution in [3.63, 3.8) is 0 Å². The standard InChI is InChI=1S/C60H113NO3/c1-3-5-7-9-11-13-15-17-19-20-21-22-23-24-25-26-27-28-29-30-31-32-33-34-35-36-37-38-39-40-42-44-46-48-50-52-54-56-60(64)61-58(57-62)59(63)55-53-51-49-47-45-43-41-18-16-14-12-10-8-6-4-2/h16,18,28-29,45,47,53,55,58-59,62-63H,3-15,17,19-27,30-44,46,48-52,54,56-57H2,1-2H3,(H,61,64)/b18-16+,29-28-,47-45+,55-53+. The van der Waals surface area contributed by atoms with E-state index < -0.39 is 12.1 Å². The Bertz CT molecular complexity index is 1020. The number of carbonyl (C=O) groups is 1. The maximum Gasteiger partial charge on any atom is 0.220 e. The first-order valence-electron chi connectivity index (χ1n) is 28.9. The molecule has 4 nitrogen and oxygen atoms in total. The molecule has 1 amide bonds. The average Bonchev–Trinajstić information content (AvgIpc) is 3.30. The van der Waals surface area contributed by atoms with Crippen LogP contribution in [0.1, 0.15) is 309 Å². The first-order chi connectivity index (χ1) is 31.7. The Kier molecular flexibility index (Phi) is 54.2. The van der Waals surface area contributed by atoms with Crippen LogP contribution in [-0.2, 0) is 4.79 Å². The van der Waals surface area contributed by atoms with Gasteiger partial charge in [0.25, 0.3) is 0 Å². The normalized spacial score (nSPS) is 13.1. The predicted octanol–water partition coefficient (Wildman–Crippen LogP) is 19.0. The van der Waals surface area contributed by atoms with E-state index in [9.17, 15) is 15.0 Å². The summed E-state index contributed by atoms with van der Waals surface area (Å²) in [6.45, 7) is 4.30. The Morgan fingerprint density at radius 3 is 0.906 bits per heavy atom. The quantitative estimate of drug-likeness (QED) is 0.0421. The molecule has 0 fully saturated rings. The van der Waals surface area contributed by atoms with Gasteiger partial charge in [-0.15, -0.1) is 0 Å². The molecule has 0 aliphatic heterocycles. The lowest BCUT2D eigenvalue weighted by atomic mass is 10.0. The molecule has 0 aliphatic rings. The van der Waals surface area contributed by atoms with E-state index in [2.05, 4.69) is 55.6 Å². The Morgan fingerprint density at radius 2 is 0.609 bits per heavy atom. The van der Waals surface area contributed by atoms with Crippen molar-refractivity contribution in [3.05, 3.63) is 48.6 Å². The van der Waals surface area contributed by atoms with Crippen LogP contribution in [0.15, 0.2) is 48.6 Å². The minimum absolute atomic E-state index is 0.0751. The van der Waals surface area contributed by atoms with Crippen molar-refractivity contribution >= 4 is 5.91 Å².